The van der Waals surface area contributed by atoms with E-state index < -0.39 is 53.3 Å². The van der Waals surface area contributed by atoms with Gasteiger partial charge in [-0.1, -0.05) is 25.3 Å². The van der Waals surface area contributed by atoms with Crippen LogP contribution in [0.25, 0.3) is 22.1 Å². The number of rotatable bonds is 14. The molecule has 4 saturated heterocycles. The van der Waals surface area contributed by atoms with Gasteiger partial charge in [-0.25, -0.2) is 9.97 Å². The maximum atomic E-state index is 13.5. The molecule has 2 N–H and O–H groups in total. The zero-order chi connectivity index (χ0) is 62.0. The second kappa shape index (κ2) is 25.6. The van der Waals surface area contributed by atoms with Crippen molar-refractivity contribution in [3.05, 3.63) is 121 Å². The van der Waals surface area contributed by atoms with Gasteiger partial charge >= 0.3 is 12.4 Å². The van der Waals surface area contributed by atoms with Crippen LogP contribution in [0.4, 0.5) is 38.2 Å². The van der Waals surface area contributed by atoms with Crippen LogP contribution in [0.5, 0.6) is 11.5 Å². The number of aromatic nitrogens is 6. The first-order chi connectivity index (χ1) is 42.2. The summed E-state index contributed by atoms with van der Waals surface area (Å²) in [6.45, 7) is 12.9. The number of para-hydroxylation sites is 2. The Balaban J connectivity index is 0.000000182. The molecule has 2 aliphatic carbocycles. The number of hydrogen-bond acceptors (Lipinski definition) is 12. The number of hydrogen-bond donors (Lipinski definition) is 2. The first-order valence-corrected chi connectivity index (χ1v) is 29.6. The maximum Gasteiger partial charge on any atom is 0.433 e. The van der Waals surface area contributed by atoms with Gasteiger partial charge in [-0.2, -0.15) is 26.3 Å². The molecule has 4 aromatic heterocycles. The van der Waals surface area contributed by atoms with Crippen molar-refractivity contribution < 1.29 is 57.7 Å². The number of likely N-dealkylation sites (tertiary alicyclic amines) is 4. The van der Waals surface area contributed by atoms with E-state index in [1.165, 1.54) is 43.9 Å². The van der Waals surface area contributed by atoms with Crippen molar-refractivity contribution in [2.75, 3.05) is 63.0 Å². The van der Waals surface area contributed by atoms with Gasteiger partial charge in [0.15, 0.2) is 0 Å². The number of carbonyl (C=O) groups is 4. The lowest BCUT2D eigenvalue weighted by Gasteiger charge is -2.32. The van der Waals surface area contributed by atoms with Crippen LogP contribution in [0.2, 0.25) is 0 Å². The normalized spacial score (nSPS) is 20.9. The van der Waals surface area contributed by atoms with E-state index in [2.05, 4.69) is 48.5 Å². The minimum absolute atomic E-state index is 0.0209. The number of halogens is 6. The Morgan fingerprint density at radius 1 is 0.558 bits per heavy atom. The lowest BCUT2D eigenvalue weighted by Crippen LogP contribution is -2.39. The highest BCUT2D eigenvalue weighted by Crippen LogP contribution is 2.40. The van der Waals surface area contributed by atoms with Crippen molar-refractivity contribution in [1.29, 1.82) is 0 Å². The smallest absolute Gasteiger partial charge is 0.433 e. The highest BCUT2D eigenvalue weighted by molar-refractivity contribution is 6.05. The van der Waals surface area contributed by atoms with E-state index in [4.69, 9.17) is 17.2 Å². The third-order valence-electron chi connectivity index (χ3n) is 17.0. The Kier molecular flexibility index (Phi) is 17.0. The summed E-state index contributed by atoms with van der Waals surface area (Å²) in [6, 6.07) is 13.4. The number of nitrogens with zero attached hydrogens (tertiary/aromatic N) is 10. The van der Waals surface area contributed by atoms with Gasteiger partial charge in [0.2, 0.25) is 23.7 Å². The molecule has 24 heteroatoms. The summed E-state index contributed by atoms with van der Waals surface area (Å²) < 4.78 is 113. The average Bonchev–Trinajstić information content (AvgIpc) is 1.93. The van der Waals surface area contributed by atoms with Crippen LogP contribution >= 0.6 is 0 Å². The summed E-state index contributed by atoms with van der Waals surface area (Å²) >= 11 is 0. The van der Waals surface area contributed by atoms with E-state index in [1.54, 1.807) is 26.5 Å². The summed E-state index contributed by atoms with van der Waals surface area (Å²) in [7, 11) is 0. The molecule has 6 aromatic rings. The summed E-state index contributed by atoms with van der Waals surface area (Å²) in [6.07, 6.45) is 6.02. The highest BCUT2D eigenvalue weighted by atomic mass is 19.4. The van der Waals surface area contributed by atoms with Crippen LogP contribution in [-0.4, -0.2) is 149 Å². The number of carbonyl (C=O) groups excluding carboxylic acids is 4. The molecular weight excluding hydrogens is 1120 g/mol. The third kappa shape index (κ3) is 13.9. The molecule has 4 aliphatic heterocycles. The van der Waals surface area contributed by atoms with Gasteiger partial charge in [0, 0.05) is 87.9 Å². The largest absolute Gasteiger partial charge is 0.488 e. The predicted octanol–water partition coefficient (Wildman–Crippen LogP) is 10.9. The molecule has 1 unspecified atom stereocenters. The molecule has 18 nitrogen and oxygen atoms in total. The number of imidazole rings is 2. The van der Waals surface area contributed by atoms with E-state index in [9.17, 15) is 45.5 Å². The number of piperidine rings is 2. The van der Waals surface area contributed by atoms with Crippen LogP contribution < -0.4 is 20.1 Å². The predicted molar refractivity (Wildman–Crippen MR) is 310 cm³/mol. The molecule has 0 radical (unpaired) electrons. The number of ether oxygens (including phenoxy) is 2. The van der Waals surface area contributed by atoms with Crippen LogP contribution in [0.1, 0.15) is 137 Å². The van der Waals surface area contributed by atoms with Crippen molar-refractivity contribution >= 4 is 57.6 Å². The van der Waals surface area contributed by atoms with Crippen molar-refractivity contribution in [2.24, 2.45) is 0 Å². The molecule has 2 atom stereocenters. The van der Waals surface area contributed by atoms with Gasteiger partial charge in [0.25, 0.3) is 11.8 Å². The number of pyridine rings is 2. The summed E-state index contributed by atoms with van der Waals surface area (Å²) in [5.74, 6) is -0.760. The van der Waals surface area contributed by atoms with Crippen LogP contribution in [0, 0.1) is 0 Å². The average molecular weight is 1200 g/mol. The van der Waals surface area contributed by atoms with E-state index in [-0.39, 0.29) is 53.6 Å². The fourth-order valence-electron chi connectivity index (χ4n) is 12.3. The molecule has 0 spiro atoms. The number of nitrogens with one attached hydrogen (secondary N) is 2. The van der Waals surface area contributed by atoms with Crippen LogP contribution in [-0.2, 0) is 21.9 Å². The van der Waals surface area contributed by atoms with Gasteiger partial charge in [-0.3, -0.25) is 39.8 Å². The SMILES string of the molecule is C=CC(=O)N1CCCCC(n2c(NC(=O)c3ccnc(C(F)(F)F)c3)nc3cccc(OC4CCN(C5CC5)CC4)c32)C1.[2H]c1nc(C(F)(F)F)cc(C(=O)Nc2nc3cccc(OC4CCN(C5CC5)CC4)c3n2[C@@H]2CCCCN(C(=O)C=C)C2)c1[2H]. The molecule has 8 heterocycles. The molecule has 86 heavy (non-hydrogen) atoms. The van der Waals surface area contributed by atoms with E-state index in [1.807, 2.05) is 28.8 Å². The van der Waals surface area contributed by atoms with Gasteiger partial charge in [-0.15, -0.1) is 0 Å². The summed E-state index contributed by atoms with van der Waals surface area (Å²) in [4.78, 5) is 76.5. The quantitative estimate of drug-likeness (QED) is 0.0778. The Morgan fingerprint density at radius 3 is 1.44 bits per heavy atom. The second-order valence-electron chi connectivity index (χ2n) is 22.9. The third-order valence-corrected chi connectivity index (χ3v) is 17.0. The van der Waals surface area contributed by atoms with Crippen molar-refractivity contribution in [2.45, 2.75) is 139 Å². The molecule has 2 saturated carbocycles. The minimum atomic E-state index is -4.91. The number of alkyl halides is 6. The van der Waals surface area contributed by atoms with E-state index in [0.29, 0.717) is 90.7 Å². The molecule has 456 valence electrons. The molecule has 6 aliphatic rings. The summed E-state index contributed by atoms with van der Waals surface area (Å²) in [5, 5.41) is 5.38. The van der Waals surface area contributed by atoms with Crippen molar-refractivity contribution in [1.82, 2.24) is 48.7 Å². The lowest BCUT2D eigenvalue weighted by atomic mass is 10.1. The zero-order valence-electron chi connectivity index (χ0n) is 49.6. The minimum Gasteiger partial charge on any atom is -0.488 e. The van der Waals surface area contributed by atoms with Crippen molar-refractivity contribution in [3.63, 3.8) is 0 Å². The molecule has 2 aromatic carbocycles. The maximum absolute atomic E-state index is 13.5. The second-order valence-corrected chi connectivity index (χ2v) is 22.9. The Morgan fingerprint density at radius 2 is 1.00 bits per heavy atom. The highest BCUT2D eigenvalue weighted by Gasteiger charge is 2.38. The topological polar surface area (TPSA) is 185 Å². The van der Waals surface area contributed by atoms with Gasteiger partial charge in [0.1, 0.15) is 46.1 Å². The van der Waals surface area contributed by atoms with Crippen molar-refractivity contribution in [3.8, 4) is 11.5 Å². The zero-order valence-corrected chi connectivity index (χ0v) is 47.6. The Labute approximate surface area is 496 Å². The van der Waals surface area contributed by atoms with E-state index >= 15 is 0 Å². The molecule has 12 rings (SSSR count). The summed E-state index contributed by atoms with van der Waals surface area (Å²) in [5.41, 5.74) is -1.05. The van der Waals surface area contributed by atoms with Crippen LogP contribution in [0.15, 0.2) is 98.3 Å². The molecule has 4 amide bonds. The number of fused-ring (bicyclic) bond motifs is 2. The molecule has 6 fully saturated rings. The Hall–Kier alpha value is -7.86. The number of amides is 4. The number of anilines is 2. The first kappa shape index (κ1) is 57.2. The van der Waals surface area contributed by atoms with Gasteiger partial charge in [0.05, 0.1) is 25.9 Å². The fraction of sp³-hybridized carbons (Fsp3) is 0.484. The van der Waals surface area contributed by atoms with Gasteiger partial charge < -0.3 is 38.2 Å². The standard InChI is InChI=1S/2C31H35F3N6O3/c2*1-2-27(41)39-15-4-3-6-22(19-39)40-28-24(7-5-8-25(28)43-23-12-16-38(17-13-23)21-9-10-21)36-30(40)37-29(42)20-11-14-35-26(18-20)31(32,33)34/h2*2,5,7-8,11,14,18,21-23H,1,3-4,6,9-10,12-13,15-17,19H2,(H,36,37,42)/t22-;/m1./s1/i11D,14D;. The monoisotopic (exact) mass is 1190 g/mol. The van der Waals surface area contributed by atoms with Crippen LogP contribution in [0.3, 0.4) is 0 Å². The van der Waals surface area contributed by atoms with E-state index in [0.717, 1.165) is 89.8 Å². The number of benzene rings is 2. The lowest BCUT2D eigenvalue weighted by molar-refractivity contribution is -0.142. The van der Waals surface area contributed by atoms with Gasteiger partial charge in [-0.05, 0) is 151 Å². The fourth-order valence-corrected chi connectivity index (χ4v) is 12.3. The first-order valence-electron chi connectivity index (χ1n) is 30.6. The molecule has 0 bridgehead atoms. The Bertz CT molecular complexity index is 3590. The molecular formula is C62H70F6N12O6.